The van der Waals surface area contributed by atoms with E-state index in [1.165, 1.54) is 0 Å². The number of nitrogens with zero attached hydrogens (tertiary/aromatic N) is 2. The Balaban J connectivity index is 2.21. The lowest BCUT2D eigenvalue weighted by molar-refractivity contribution is 0.903. The van der Waals surface area contributed by atoms with Gasteiger partial charge in [0, 0.05) is 16.3 Å². The number of benzene rings is 2. The summed E-state index contributed by atoms with van der Waals surface area (Å²) in [6.07, 6.45) is 3.93. The highest BCUT2D eigenvalue weighted by atomic mass is 35.5. The maximum absolute atomic E-state index is 6.12. The van der Waals surface area contributed by atoms with Crippen LogP contribution in [0.2, 0.25) is 5.02 Å². The van der Waals surface area contributed by atoms with Crippen molar-refractivity contribution in [2.75, 3.05) is 6.26 Å². The summed E-state index contributed by atoms with van der Waals surface area (Å²) >= 11 is 7.74. The molecule has 0 atom stereocenters. The van der Waals surface area contributed by atoms with Crippen LogP contribution in [0.4, 0.5) is 0 Å². The van der Waals surface area contributed by atoms with Gasteiger partial charge in [0.15, 0.2) is 5.16 Å². The lowest BCUT2D eigenvalue weighted by Crippen LogP contribution is -1.98. The monoisotopic (exact) mass is 300 g/mol. The summed E-state index contributed by atoms with van der Waals surface area (Å²) in [4.78, 5) is 4.50. The van der Waals surface area contributed by atoms with Crippen molar-refractivity contribution in [2.24, 2.45) is 0 Å². The molecule has 2 nitrogen and oxygen atoms in total. The minimum Gasteiger partial charge on any atom is -0.287 e. The molecule has 0 unspecified atom stereocenters. The van der Waals surface area contributed by atoms with Gasteiger partial charge in [-0.3, -0.25) is 4.57 Å². The van der Waals surface area contributed by atoms with E-state index >= 15 is 0 Å². The largest absolute Gasteiger partial charge is 0.287 e. The molecule has 100 valence electrons. The molecule has 0 aliphatic carbocycles. The van der Waals surface area contributed by atoms with Gasteiger partial charge in [-0.25, -0.2) is 4.98 Å². The fraction of sp³-hybridized carbons (Fsp3) is 0.0625. The molecule has 1 heterocycles. The van der Waals surface area contributed by atoms with E-state index in [9.17, 15) is 0 Å². The zero-order valence-electron chi connectivity index (χ0n) is 11.0. The first-order chi connectivity index (χ1) is 9.79. The first kappa shape index (κ1) is 13.3. The van der Waals surface area contributed by atoms with Crippen LogP contribution in [0.5, 0.6) is 0 Å². The van der Waals surface area contributed by atoms with Gasteiger partial charge in [0.2, 0.25) is 0 Å². The molecule has 0 aliphatic heterocycles. The SMILES string of the molecule is CSc1ncc(-c2ccccc2)n1-c1cccc(Cl)c1. The van der Waals surface area contributed by atoms with Gasteiger partial charge in [0.25, 0.3) is 0 Å². The van der Waals surface area contributed by atoms with Gasteiger partial charge in [0.05, 0.1) is 11.9 Å². The van der Waals surface area contributed by atoms with Crippen molar-refractivity contribution < 1.29 is 0 Å². The molecule has 2 aromatic carbocycles. The van der Waals surface area contributed by atoms with Crippen LogP contribution in [-0.2, 0) is 0 Å². The van der Waals surface area contributed by atoms with Crippen molar-refractivity contribution in [1.82, 2.24) is 9.55 Å². The molecule has 0 amide bonds. The van der Waals surface area contributed by atoms with Crippen molar-refractivity contribution in [3.63, 3.8) is 0 Å². The summed E-state index contributed by atoms with van der Waals surface area (Å²) in [6, 6.07) is 18.1. The third kappa shape index (κ3) is 2.47. The number of rotatable bonds is 3. The molecule has 0 fully saturated rings. The Morgan fingerprint density at radius 1 is 1.05 bits per heavy atom. The fourth-order valence-corrected chi connectivity index (χ4v) is 2.89. The molecule has 4 heteroatoms. The summed E-state index contributed by atoms with van der Waals surface area (Å²) < 4.78 is 2.13. The van der Waals surface area contributed by atoms with Crippen molar-refractivity contribution in [2.45, 2.75) is 5.16 Å². The highest BCUT2D eigenvalue weighted by Gasteiger charge is 2.12. The van der Waals surface area contributed by atoms with Gasteiger partial charge < -0.3 is 0 Å². The van der Waals surface area contributed by atoms with Gasteiger partial charge >= 0.3 is 0 Å². The van der Waals surface area contributed by atoms with Gasteiger partial charge in [-0.1, -0.05) is 59.8 Å². The molecule has 1 aromatic heterocycles. The van der Waals surface area contributed by atoms with E-state index in [-0.39, 0.29) is 0 Å². The first-order valence-corrected chi connectivity index (χ1v) is 7.83. The quantitative estimate of drug-likeness (QED) is 0.639. The van der Waals surface area contributed by atoms with Crippen molar-refractivity contribution in [3.05, 3.63) is 65.8 Å². The van der Waals surface area contributed by atoms with Gasteiger partial charge in [0.1, 0.15) is 0 Å². The number of hydrogen-bond acceptors (Lipinski definition) is 2. The fourth-order valence-electron chi connectivity index (χ4n) is 2.16. The number of aromatic nitrogens is 2. The summed E-state index contributed by atoms with van der Waals surface area (Å²) in [5.41, 5.74) is 3.23. The third-order valence-corrected chi connectivity index (χ3v) is 3.94. The lowest BCUT2D eigenvalue weighted by atomic mass is 10.1. The lowest BCUT2D eigenvalue weighted by Gasteiger charge is -2.11. The molecular formula is C16H13ClN2S. The molecule has 0 radical (unpaired) electrons. The zero-order chi connectivity index (χ0) is 13.9. The Labute approximate surface area is 127 Å². The Hall–Kier alpha value is -1.71. The summed E-state index contributed by atoms with van der Waals surface area (Å²) in [7, 11) is 0. The molecule has 3 rings (SSSR count). The van der Waals surface area contributed by atoms with Crippen LogP contribution < -0.4 is 0 Å². The molecule has 3 aromatic rings. The maximum Gasteiger partial charge on any atom is 0.172 e. The first-order valence-electron chi connectivity index (χ1n) is 6.22. The second-order valence-corrected chi connectivity index (χ2v) is 5.52. The predicted molar refractivity (Wildman–Crippen MR) is 85.8 cm³/mol. The van der Waals surface area contributed by atoms with E-state index in [1.54, 1.807) is 11.8 Å². The number of thioether (sulfide) groups is 1. The molecule has 0 aliphatic rings. The van der Waals surface area contributed by atoms with Crippen LogP contribution in [0.15, 0.2) is 66.0 Å². The average molecular weight is 301 g/mol. The van der Waals surface area contributed by atoms with Gasteiger partial charge in [-0.2, -0.15) is 0 Å². The van der Waals surface area contributed by atoms with E-state index in [0.29, 0.717) is 0 Å². The van der Waals surface area contributed by atoms with Crippen molar-refractivity contribution >= 4 is 23.4 Å². The molecule has 0 saturated heterocycles. The predicted octanol–water partition coefficient (Wildman–Crippen LogP) is 4.91. The van der Waals surface area contributed by atoms with Gasteiger partial charge in [-0.05, 0) is 24.5 Å². The Morgan fingerprint density at radius 3 is 2.55 bits per heavy atom. The van der Waals surface area contributed by atoms with Crippen molar-refractivity contribution in [3.8, 4) is 16.9 Å². The number of hydrogen-bond donors (Lipinski definition) is 0. The van der Waals surface area contributed by atoms with Crippen molar-refractivity contribution in [1.29, 1.82) is 0 Å². The highest BCUT2D eigenvalue weighted by Crippen LogP contribution is 2.29. The van der Waals surface area contributed by atoms with E-state index in [0.717, 1.165) is 27.1 Å². The highest BCUT2D eigenvalue weighted by molar-refractivity contribution is 7.98. The van der Waals surface area contributed by atoms with Crippen LogP contribution in [0.25, 0.3) is 16.9 Å². The van der Waals surface area contributed by atoms with Crippen LogP contribution in [0.3, 0.4) is 0 Å². The van der Waals surface area contributed by atoms with Crippen LogP contribution in [0.1, 0.15) is 0 Å². The summed E-state index contributed by atoms with van der Waals surface area (Å²) in [5.74, 6) is 0. The molecule has 0 spiro atoms. The Bertz CT molecular complexity index is 722. The normalized spacial score (nSPS) is 10.7. The van der Waals surface area contributed by atoms with Crippen LogP contribution in [0, 0.1) is 0 Å². The smallest absolute Gasteiger partial charge is 0.172 e. The second kappa shape index (κ2) is 5.73. The Morgan fingerprint density at radius 2 is 1.85 bits per heavy atom. The minimum atomic E-state index is 0.724. The van der Waals surface area contributed by atoms with E-state index in [4.69, 9.17) is 11.6 Å². The molecule has 0 bridgehead atoms. The second-order valence-electron chi connectivity index (χ2n) is 4.31. The van der Waals surface area contributed by atoms with E-state index in [1.807, 2.05) is 54.9 Å². The number of halogens is 1. The van der Waals surface area contributed by atoms with E-state index < -0.39 is 0 Å². The van der Waals surface area contributed by atoms with Crippen LogP contribution >= 0.6 is 23.4 Å². The Kier molecular flexibility index (Phi) is 3.81. The zero-order valence-corrected chi connectivity index (χ0v) is 12.5. The third-order valence-electron chi connectivity index (χ3n) is 3.05. The van der Waals surface area contributed by atoms with Gasteiger partial charge in [-0.15, -0.1) is 0 Å². The molecule has 0 saturated carbocycles. The molecular weight excluding hydrogens is 288 g/mol. The molecule has 0 N–H and O–H groups in total. The standard InChI is InChI=1S/C16H13ClN2S/c1-20-16-18-11-15(12-6-3-2-4-7-12)19(16)14-9-5-8-13(17)10-14/h2-11H,1H3. The number of imidazole rings is 1. The molecule has 20 heavy (non-hydrogen) atoms. The summed E-state index contributed by atoms with van der Waals surface area (Å²) in [6.45, 7) is 0. The topological polar surface area (TPSA) is 17.8 Å². The van der Waals surface area contributed by atoms with E-state index in [2.05, 4.69) is 21.7 Å². The summed E-state index contributed by atoms with van der Waals surface area (Å²) in [5, 5.41) is 1.67. The van der Waals surface area contributed by atoms with Crippen LogP contribution in [-0.4, -0.2) is 15.8 Å². The average Bonchev–Trinajstić information content (AvgIpc) is 2.92. The minimum absolute atomic E-state index is 0.724. The maximum atomic E-state index is 6.12.